The molecule has 0 bridgehead atoms. The summed E-state index contributed by atoms with van der Waals surface area (Å²) < 4.78 is 0. The number of phenolic OH excluding ortho intramolecular Hbond substituents is 1. The molecule has 4 rings (SSSR count). The molecule has 4 N–H and O–H groups in total. The quantitative estimate of drug-likeness (QED) is 0.478. The van der Waals surface area contributed by atoms with Gasteiger partial charge in [-0.1, -0.05) is 54.1 Å². The molecule has 2 amide bonds. The minimum Gasteiger partial charge on any atom is -0.507 e. The molecule has 1 fully saturated rings. The molecule has 1 saturated heterocycles. The highest BCUT2D eigenvalue weighted by Crippen LogP contribution is 2.30. The molecular formula is C27H30ClN3O3. The van der Waals surface area contributed by atoms with Crippen molar-refractivity contribution in [3.63, 3.8) is 0 Å². The van der Waals surface area contributed by atoms with Gasteiger partial charge >= 0.3 is 0 Å². The number of hydrogen-bond donors (Lipinski definition) is 3. The van der Waals surface area contributed by atoms with Gasteiger partial charge in [0.25, 0.3) is 0 Å². The van der Waals surface area contributed by atoms with E-state index < -0.39 is 18.0 Å². The first-order valence-corrected chi connectivity index (χ1v) is 11.9. The Morgan fingerprint density at radius 2 is 1.91 bits per heavy atom. The summed E-state index contributed by atoms with van der Waals surface area (Å²) >= 11 is 6.09. The number of carbonyl (C=O) groups excluding carboxylic acids is 2. The van der Waals surface area contributed by atoms with Crippen molar-refractivity contribution in [2.24, 2.45) is 11.7 Å². The molecule has 178 valence electrons. The van der Waals surface area contributed by atoms with E-state index in [1.54, 1.807) is 26.0 Å². The van der Waals surface area contributed by atoms with Gasteiger partial charge in [0.05, 0.1) is 12.1 Å². The number of amides is 2. The van der Waals surface area contributed by atoms with Crippen LogP contribution >= 0.6 is 11.6 Å². The lowest BCUT2D eigenvalue weighted by Gasteiger charge is -2.28. The average Bonchev–Trinajstić information content (AvgIpc) is 3.23. The number of carbonyl (C=O) groups is 2. The number of halogens is 1. The zero-order chi connectivity index (χ0) is 24.4. The molecule has 0 aliphatic carbocycles. The number of benzene rings is 3. The van der Waals surface area contributed by atoms with Crippen LogP contribution in [-0.2, 0) is 22.6 Å². The average molecular weight is 480 g/mol. The predicted octanol–water partition coefficient (Wildman–Crippen LogP) is 3.93. The van der Waals surface area contributed by atoms with Gasteiger partial charge in [-0.3, -0.25) is 14.5 Å². The maximum atomic E-state index is 12.9. The molecule has 7 heteroatoms. The molecule has 3 aromatic rings. The van der Waals surface area contributed by atoms with Crippen LogP contribution in [0.1, 0.15) is 30.0 Å². The Bertz CT molecular complexity index is 1230. The molecule has 1 aliphatic rings. The highest BCUT2D eigenvalue weighted by Gasteiger charge is 2.40. The SMILES string of the molecule is Cc1cc(Cl)cc(CNC(=O)[C@H](C)N2CC(Cc3ccc4ccccc4c3)CC2C(N)=O)c1O. The molecule has 6 nitrogen and oxygen atoms in total. The second-order valence-electron chi connectivity index (χ2n) is 9.23. The fourth-order valence-electron chi connectivity index (χ4n) is 4.93. The fraction of sp³-hybridized carbons (Fsp3) is 0.333. The van der Waals surface area contributed by atoms with Gasteiger partial charge in [-0.15, -0.1) is 0 Å². The third-order valence-electron chi connectivity index (χ3n) is 6.77. The number of aryl methyl sites for hydroxylation is 1. The Hall–Kier alpha value is -3.09. The van der Waals surface area contributed by atoms with Gasteiger partial charge < -0.3 is 16.2 Å². The molecule has 0 saturated carbocycles. The maximum absolute atomic E-state index is 12.9. The molecule has 1 aliphatic heterocycles. The number of nitrogens with zero attached hydrogens (tertiary/aromatic N) is 1. The van der Waals surface area contributed by atoms with Crippen LogP contribution in [0, 0.1) is 12.8 Å². The number of likely N-dealkylation sites (tertiary alicyclic amines) is 1. The zero-order valence-corrected chi connectivity index (χ0v) is 20.2. The number of primary amides is 1. The van der Waals surface area contributed by atoms with Gasteiger partial charge in [0.15, 0.2) is 0 Å². The summed E-state index contributed by atoms with van der Waals surface area (Å²) in [5.74, 6) is -0.309. The van der Waals surface area contributed by atoms with Crippen molar-refractivity contribution < 1.29 is 14.7 Å². The van der Waals surface area contributed by atoms with Gasteiger partial charge in [0.1, 0.15) is 5.75 Å². The zero-order valence-electron chi connectivity index (χ0n) is 19.4. The van der Waals surface area contributed by atoms with Crippen LogP contribution in [0.3, 0.4) is 0 Å². The van der Waals surface area contributed by atoms with Gasteiger partial charge in [0, 0.05) is 23.7 Å². The van der Waals surface area contributed by atoms with E-state index in [0.29, 0.717) is 29.1 Å². The van der Waals surface area contributed by atoms with Gasteiger partial charge in [-0.25, -0.2) is 0 Å². The third-order valence-corrected chi connectivity index (χ3v) is 6.99. The van der Waals surface area contributed by atoms with Gasteiger partial charge in [-0.05, 0) is 66.6 Å². The first-order chi connectivity index (χ1) is 16.2. The van der Waals surface area contributed by atoms with Crippen LogP contribution in [0.15, 0.2) is 54.6 Å². The van der Waals surface area contributed by atoms with Gasteiger partial charge in [0.2, 0.25) is 11.8 Å². The Kier molecular flexibility index (Phi) is 7.10. The van der Waals surface area contributed by atoms with E-state index in [1.807, 2.05) is 17.0 Å². The molecule has 3 aromatic carbocycles. The number of nitrogens with one attached hydrogen (secondary N) is 1. The normalized spacial score (nSPS) is 19.3. The lowest BCUT2D eigenvalue weighted by molar-refractivity contribution is -0.129. The lowest BCUT2D eigenvalue weighted by atomic mass is 9.95. The van der Waals surface area contributed by atoms with E-state index >= 15 is 0 Å². The van der Waals surface area contributed by atoms with E-state index in [4.69, 9.17) is 17.3 Å². The molecule has 0 spiro atoms. The summed E-state index contributed by atoms with van der Waals surface area (Å²) in [6.45, 7) is 4.29. The Labute approximate surface area is 204 Å². The van der Waals surface area contributed by atoms with E-state index in [1.165, 1.54) is 16.3 Å². The number of nitrogens with two attached hydrogens (primary N) is 1. The minimum absolute atomic E-state index is 0.115. The first-order valence-electron chi connectivity index (χ1n) is 11.5. The third kappa shape index (κ3) is 5.18. The van der Waals surface area contributed by atoms with Gasteiger partial charge in [-0.2, -0.15) is 0 Å². The van der Waals surface area contributed by atoms with Crippen LogP contribution in [-0.4, -0.2) is 40.4 Å². The largest absolute Gasteiger partial charge is 0.507 e. The fourth-order valence-corrected chi connectivity index (χ4v) is 5.22. The van der Waals surface area contributed by atoms with E-state index in [0.717, 1.165) is 6.42 Å². The van der Waals surface area contributed by atoms with Crippen molar-refractivity contribution >= 4 is 34.2 Å². The van der Waals surface area contributed by atoms with E-state index in [9.17, 15) is 14.7 Å². The van der Waals surface area contributed by atoms with Crippen molar-refractivity contribution in [1.82, 2.24) is 10.2 Å². The summed E-state index contributed by atoms with van der Waals surface area (Å²) in [6.07, 6.45) is 1.43. The molecule has 0 radical (unpaired) electrons. The minimum atomic E-state index is -0.540. The van der Waals surface area contributed by atoms with Crippen molar-refractivity contribution in [3.05, 3.63) is 76.3 Å². The summed E-state index contributed by atoms with van der Waals surface area (Å²) in [4.78, 5) is 27.1. The molecule has 2 unspecified atom stereocenters. The standard InChI is InChI=1S/C27H30ClN3O3/c1-16-9-23(28)13-22(25(16)32)14-30-27(34)17(2)31-15-19(12-24(31)26(29)33)10-18-7-8-20-5-3-4-6-21(20)11-18/h3-9,11,13,17,19,24,32H,10,12,14-15H2,1-2H3,(H2,29,33)(H,30,34)/t17-,19?,24?/m0/s1. The van der Waals surface area contributed by atoms with Crippen LogP contribution in [0.5, 0.6) is 5.75 Å². The highest BCUT2D eigenvalue weighted by molar-refractivity contribution is 6.30. The van der Waals surface area contributed by atoms with Crippen molar-refractivity contribution in [2.45, 2.75) is 45.3 Å². The topological polar surface area (TPSA) is 95.7 Å². The first kappa shape index (κ1) is 24.0. The highest BCUT2D eigenvalue weighted by atomic mass is 35.5. The van der Waals surface area contributed by atoms with Crippen LogP contribution in [0.4, 0.5) is 0 Å². The summed E-state index contributed by atoms with van der Waals surface area (Å²) in [7, 11) is 0. The second kappa shape index (κ2) is 10.0. The van der Waals surface area contributed by atoms with Crippen molar-refractivity contribution in [2.75, 3.05) is 6.54 Å². The van der Waals surface area contributed by atoms with Crippen molar-refractivity contribution in [1.29, 1.82) is 0 Å². The number of fused-ring (bicyclic) bond motifs is 1. The number of rotatable bonds is 7. The van der Waals surface area contributed by atoms with E-state index in [2.05, 4.69) is 35.6 Å². The van der Waals surface area contributed by atoms with Crippen LogP contribution < -0.4 is 11.1 Å². The van der Waals surface area contributed by atoms with Crippen LogP contribution in [0.25, 0.3) is 10.8 Å². The summed E-state index contributed by atoms with van der Waals surface area (Å²) in [5, 5.41) is 16.0. The molecule has 1 heterocycles. The monoisotopic (exact) mass is 479 g/mol. The number of hydrogen-bond acceptors (Lipinski definition) is 4. The summed E-state index contributed by atoms with van der Waals surface area (Å²) in [6, 6.07) is 16.9. The second-order valence-corrected chi connectivity index (χ2v) is 9.66. The molecule has 0 aromatic heterocycles. The molecule has 34 heavy (non-hydrogen) atoms. The predicted molar refractivity (Wildman–Crippen MR) is 135 cm³/mol. The number of phenols is 1. The molecule has 3 atom stereocenters. The smallest absolute Gasteiger partial charge is 0.237 e. The Morgan fingerprint density at radius 1 is 1.18 bits per heavy atom. The number of aromatic hydroxyl groups is 1. The Balaban J connectivity index is 1.43. The maximum Gasteiger partial charge on any atom is 0.237 e. The summed E-state index contributed by atoms with van der Waals surface area (Å²) in [5.41, 5.74) is 8.12. The molecular weight excluding hydrogens is 450 g/mol. The van der Waals surface area contributed by atoms with Crippen LogP contribution in [0.2, 0.25) is 5.02 Å². The lowest BCUT2D eigenvalue weighted by Crippen LogP contribution is -2.51. The van der Waals surface area contributed by atoms with Crippen molar-refractivity contribution in [3.8, 4) is 5.75 Å². The van der Waals surface area contributed by atoms with E-state index in [-0.39, 0.29) is 24.1 Å². The Morgan fingerprint density at radius 3 is 2.65 bits per heavy atom.